The first-order valence-electron chi connectivity index (χ1n) is 8.98. The number of likely N-dealkylation sites (N-methyl/N-ethyl adjacent to an activating group) is 1. The van der Waals surface area contributed by atoms with E-state index in [9.17, 15) is 14.7 Å². The summed E-state index contributed by atoms with van der Waals surface area (Å²) >= 11 is 1.80. The van der Waals surface area contributed by atoms with Crippen molar-refractivity contribution in [1.29, 1.82) is 0 Å². The third-order valence-corrected chi connectivity index (χ3v) is 6.91. The zero-order valence-electron chi connectivity index (χ0n) is 14.8. The highest BCUT2D eigenvalue weighted by Gasteiger charge is 2.54. The molecule has 2 heterocycles. The molecule has 136 valence electrons. The highest BCUT2D eigenvalue weighted by molar-refractivity contribution is 7.99. The molecule has 1 saturated carbocycles. The Kier molecular flexibility index (Phi) is 5.27. The molecule has 1 aromatic rings. The maximum Gasteiger partial charge on any atom is 0.405 e. The van der Waals surface area contributed by atoms with Crippen LogP contribution < -0.4 is 5.32 Å². The summed E-state index contributed by atoms with van der Waals surface area (Å²) in [5.74, 6) is 1.34. The van der Waals surface area contributed by atoms with Gasteiger partial charge in [-0.2, -0.15) is 0 Å². The molecule has 6 heteroatoms. The van der Waals surface area contributed by atoms with Crippen molar-refractivity contribution in [3.63, 3.8) is 0 Å². The fraction of sp³-hybridized carbons (Fsp3) is 0.579. The van der Waals surface area contributed by atoms with Crippen LogP contribution in [0.4, 0.5) is 4.79 Å². The van der Waals surface area contributed by atoms with Crippen LogP contribution in [0.2, 0.25) is 0 Å². The van der Waals surface area contributed by atoms with Gasteiger partial charge in [-0.25, -0.2) is 4.79 Å². The first-order chi connectivity index (χ1) is 12.0. The first kappa shape index (κ1) is 18.1. The number of piperidine rings is 2. The number of thioether (sulfide) groups is 1. The number of rotatable bonds is 6. The van der Waals surface area contributed by atoms with Gasteiger partial charge in [0.2, 0.25) is 5.91 Å². The topological polar surface area (TPSA) is 69.6 Å². The number of hydrogen-bond acceptors (Lipinski definition) is 3. The zero-order chi connectivity index (χ0) is 18.0. The highest BCUT2D eigenvalue weighted by Crippen LogP contribution is 2.49. The number of nitrogens with zero attached hydrogens (tertiary/aromatic N) is 1. The fourth-order valence-corrected chi connectivity index (χ4v) is 5.07. The summed E-state index contributed by atoms with van der Waals surface area (Å²) in [5.41, 5.74) is 0.478. The molecule has 2 saturated heterocycles. The lowest BCUT2D eigenvalue weighted by molar-refractivity contribution is -0.156. The number of carbonyl (C=O) groups is 2. The molecule has 3 fully saturated rings. The lowest BCUT2D eigenvalue weighted by Crippen LogP contribution is -2.65. The van der Waals surface area contributed by atoms with Gasteiger partial charge in [0.25, 0.3) is 0 Å². The van der Waals surface area contributed by atoms with Crippen LogP contribution in [-0.4, -0.2) is 40.3 Å². The van der Waals surface area contributed by atoms with Gasteiger partial charge in [0, 0.05) is 17.9 Å². The van der Waals surface area contributed by atoms with Crippen LogP contribution in [0, 0.1) is 5.92 Å². The number of carbonyl (C=O) groups excluding carboxylic acids is 1. The van der Waals surface area contributed by atoms with Crippen LogP contribution in [-0.2, 0) is 4.79 Å². The molecule has 3 aliphatic rings. The second kappa shape index (κ2) is 7.28. The van der Waals surface area contributed by atoms with Crippen molar-refractivity contribution >= 4 is 23.8 Å². The van der Waals surface area contributed by atoms with Crippen LogP contribution in [0.5, 0.6) is 0 Å². The Hall–Kier alpha value is -1.69. The molecule has 0 aromatic heterocycles. The van der Waals surface area contributed by atoms with Crippen LogP contribution >= 0.6 is 11.8 Å². The lowest BCUT2D eigenvalue weighted by atomic mass is 9.65. The van der Waals surface area contributed by atoms with Gasteiger partial charge in [-0.3, -0.25) is 4.79 Å². The van der Waals surface area contributed by atoms with Gasteiger partial charge in [0.15, 0.2) is 0 Å². The van der Waals surface area contributed by atoms with E-state index in [1.165, 1.54) is 4.90 Å². The monoisotopic (exact) mass is 362 g/mol. The molecule has 0 spiro atoms. The Morgan fingerprint density at radius 2 is 2.00 bits per heavy atom. The third-order valence-electron chi connectivity index (χ3n) is 5.69. The molecule has 5 nitrogen and oxygen atoms in total. The van der Waals surface area contributed by atoms with E-state index in [1.807, 2.05) is 24.1 Å². The standard InChI is InChI=1S/C19H26N2O3S/c1-3-12-25-15-6-4-13(5-7-15)16(20-18(23)24)19-10-8-14(9-11-19)17(22)21(19)2/h4-7,14,16,20H,3,8-12H2,1-2H3,(H,23,24). The first-order valence-corrected chi connectivity index (χ1v) is 9.96. The second-order valence-electron chi connectivity index (χ2n) is 7.08. The summed E-state index contributed by atoms with van der Waals surface area (Å²) in [5, 5.41) is 12.1. The molecule has 4 rings (SSSR count). The van der Waals surface area contributed by atoms with Crippen molar-refractivity contribution in [1.82, 2.24) is 10.2 Å². The van der Waals surface area contributed by atoms with Gasteiger partial charge in [0.1, 0.15) is 0 Å². The van der Waals surface area contributed by atoms with Crippen molar-refractivity contribution in [2.75, 3.05) is 12.8 Å². The van der Waals surface area contributed by atoms with Crippen molar-refractivity contribution in [2.45, 2.75) is 55.5 Å². The number of nitrogens with one attached hydrogen (secondary N) is 1. The Balaban J connectivity index is 1.91. The fourth-order valence-electron chi connectivity index (χ4n) is 4.30. The van der Waals surface area contributed by atoms with Gasteiger partial charge in [-0.1, -0.05) is 19.1 Å². The zero-order valence-corrected chi connectivity index (χ0v) is 15.6. The number of hydrogen-bond donors (Lipinski definition) is 2. The van der Waals surface area contributed by atoms with Crippen molar-refractivity contribution < 1.29 is 14.7 Å². The van der Waals surface area contributed by atoms with Gasteiger partial charge < -0.3 is 15.3 Å². The van der Waals surface area contributed by atoms with Gasteiger partial charge in [-0.05, 0) is 55.6 Å². The quantitative estimate of drug-likeness (QED) is 0.753. The van der Waals surface area contributed by atoms with Crippen LogP contribution in [0.3, 0.4) is 0 Å². The van der Waals surface area contributed by atoms with Crippen molar-refractivity contribution in [3.8, 4) is 0 Å². The summed E-state index contributed by atoms with van der Waals surface area (Å²) in [6.07, 6.45) is 3.47. The minimum absolute atomic E-state index is 0.116. The van der Waals surface area contributed by atoms with Crippen molar-refractivity contribution in [2.24, 2.45) is 5.92 Å². The number of fused-ring (bicyclic) bond motifs is 3. The van der Waals surface area contributed by atoms with E-state index in [4.69, 9.17) is 0 Å². The largest absolute Gasteiger partial charge is 0.465 e. The summed E-state index contributed by atoms with van der Waals surface area (Å²) in [4.78, 5) is 27.0. The maximum absolute atomic E-state index is 12.5. The smallest absolute Gasteiger partial charge is 0.405 e. The molecule has 1 aliphatic carbocycles. The Labute approximate surface area is 153 Å². The Morgan fingerprint density at radius 3 is 2.56 bits per heavy atom. The van der Waals surface area contributed by atoms with E-state index in [1.54, 1.807) is 11.8 Å². The van der Waals surface area contributed by atoms with Gasteiger partial charge >= 0.3 is 6.09 Å². The molecule has 25 heavy (non-hydrogen) atoms. The lowest BCUT2D eigenvalue weighted by Gasteiger charge is -2.56. The molecule has 1 aromatic carbocycles. The second-order valence-corrected chi connectivity index (χ2v) is 8.24. The predicted octanol–water partition coefficient (Wildman–Crippen LogP) is 3.90. The minimum atomic E-state index is -1.04. The molecule has 0 radical (unpaired) electrons. The van der Waals surface area contributed by atoms with E-state index < -0.39 is 17.7 Å². The maximum atomic E-state index is 12.5. The number of amides is 2. The van der Waals surface area contributed by atoms with Gasteiger partial charge in [0.05, 0.1) is 11.6 Å². The Morgan fingerprint density at radius 1 is 1.36 bits per heavy atom. The SMILES string of the molecule is CCCSc1ccc(C(NC(=O)O)C23CCC(CC2)C(=O)N3C)cc1. The summed E-state index contributed by atoms with van der Waals surface area (Å²) in [7, 11) is 1.83. The van der Waals surface area contributed by atoms with E-state index in [0.717, 1.165) is 43.4 Å². The van der Waals surface area contributed by atoms with E-state index in [-0.39, 0.29) is 11.8 Å². The molecule has 2 aliphatic heterocycles. The van der Waals surface area contributed by atoms with E-state index >= 15 is 0 Å². The number of carboxylic acid groups (broad SMARTS) is 1. The van der Waals surface area contributed by atoms with Crippen LogP contribution in [0.1, 0.15) is 50.6 Å². The highest BCUT2D eigenvalue weighted by atomic mass is 32.2. The van der Waals surface area contributed by atoms with Gasteiger partial charge in [-0.15, -0.1) is 11.8 Å². The van der Waals surface area contributed by atoms with Crippen LogP contribution in [0.25, 0.3) is 0 Å². The summed E-state index contributed by atoms with van der Waals surface area (Å²) in [6, 6.07) is 7.72. The minimum Gasteiger partial charge on any atom is -0.465 e. The van der Waals surface area contributed by atoms with Crippen molar-refractivity contribution in [3.05, 3.63) is 29.8 Å². The van der Waals surface area contributed by atoms with Crippen LogP contribution in [0.15, 0.2) is 29.2 Å². The van der Waals surface area contributed by atoms with E-state index in [0.29, 0.717) is 0 Å². The predicted molar refractivity (Wildman–Crippen MR) is 98.8 cm³/mol. The normalized spacial score (nSPS) is 26.6. The Bertz CT molecular complexity index is 639. The molecular formula is C19H26N2O3S. The average molecular weight is 362 g/mol. The molecule has 2 bridgehead atoms. The molecule has 1 unspecified atom stereocenters. The average Bonchev–Trinajstić information content (AvgIpc) is 2.63. The molecular weight excluding hydrogens is 336 g/mol. The van der Waals surface area contributed by atoms with E-state index in [2.05, 4.69) is 24.4 Å². The molecule has 1 atom stereocenters. The summed E-state index contributed by atoms with van der Waals surface area (Å²) < 4.78 is 0. The number of benzene rings is 1. The molecule has 2 N–H and O–H groups in total. The third kappa shape index (κ3) is 3.36. The molecule has 2 amide bonds. The summed E-state index contributed by atoms with van der Waals surface area (Å²) in [6.45, 7) is 2.15.